The van der Waals surface area contributed by atoms with Gasteiger partial charge in [-0.3, -0.25) is 0 Å². The molecule has 1 aliphatic heterocycles. The fraction of sp³-hybridized carbons (Fsp3) is 0.267. The van der Waals surface area contributed by atoms with Crippen LogP contribution in [0.15, 0.2) is 48.7 Å². The maximum atomic E-state index is 10.6. The Morgan fingerprint density at radius 1 is 1.24 bits per heavy atom. The zero-order valence-corrected chi connectivity index (χ0v) is 11.3. The fourth-order valence-electron chi connectivity index (χ4n) is 2.50. The second-order valence-electron chi connectivity index (χ2n) is 4.90. The molecule has 0 amide bonds. The van der Waals surface area contributed by atoms with E-state index in [4.69, 9.17) is 4.74 Å². The van der Waals surface area contributed by atoms with Crippen LogP contribution in [0.4, 0.5) is 11.5 Å². The quantitative estimate of drug-likeness (QED) is 0.690. The van der Waals surface area contributed by atoms with Gasteiger partial charge in [-0.1, -0.05) is 30.3 Å². The molecular formula is C15H15N3O3. The molecule has 6 heteroatoms. The van der Waals surface area contributed by atoms with Crippen molar-refractivity contribution in [2.24, 2.45) is 0 Å². The van der Waals surface area contributed by atoms with Crippen molar-refractivity contribution in [3.05, 3.63) is 64.3 Å². The van der Waals surface area contributed by atoms with Crippen LogP contribution in [-0.4, -0.2) is 22.6 Å². The Labute approximate surface area is 121 Å². The van der Waals surface area contributed by atoms with Gasteiger partial charge in [0.15, 0.2) is 6.20 Å². The number of hydrogen-bond donors (Lipinski definition) is 1. The summed E-state index contributed by atoms with van der Waals surface area (Å²) in [5, 5.41) is 13.9. The minimum atomic E-state index is -0.505. The van der Waals surface area contributed by atoms with E-state index < -0.39 is 4.92 Å². The summed E-state index contributed by atoms with van der Waals surface area (Å²) >= 11 is 0. The SMILES string of the molecule is O=[N+]([O-])c1ccc(N[C@@H]2CCO[C@@H]2c2ccccc2)cn1. The molecule has 2 heterocycles. The van der Waals surface area contributed by atoms with Crippen molar-refractivity contribution >= 4 is 11.5 Å². The first kappa shape index (κ1) is 13.5. The summed E-state index contributed by atoms with van der Waals surface area (Å²) in [4.78, 5) is 13.9. The van der Waals surface area contributed by atoms with E-state index in [1.54, 1.807) is 6.07 Å². The van der Waals surface area contributed by atoms with Gasteiger partial charge in [0.05, 0.1) is 11.7 Å². The van der Waals surface area contributed by atoms with Crippen molar-refractivity contribution in [3.63, 3.8) is 0 Å². The Bertz CT molecular complexity index is 616. The van der Waals surface area contributed by atoms with Gasteiger partial charge in [0, 0.05) is 12.7 Å². The van der Waals surface area contributed by atoms with Crippen molar-refractivity contribution in [2.75, 3.05) is 11.9 Å². The highest BCUT2D eigenvalue weighted by atomic mass is 16.6. The van der Waals surface area contributed by atoms with E-state index in [0.29, 0.717) is 6.61 Å². The summed E-state index contributed by atoms with van der Waals surface area (Å²) in [5.41, 5.74) is 1.89. The van der Waals surface area contributed by atoms with Crippen LogP contribution in [0.1, 0.15) is 18.1 Å². The van der Waals surface area contributed by atoms with Crippen LogP contribution >= 0.6 is 0 Å². The summed E-state index contributed by atoms with van der Waals surface area (Å²) in [5.74, 6) is -0.150. The average molecular weight is 285 g/mol. The molecule has 1 fully saturated rings. The Balaban J connectivity index is 1.73. The van der Waals surface area contributed by atoms with Gasteiger partial charge in [0.25, 0.3) is 0 Å². The number of rotatable bonds is 4. The predicted octanol–water partition coefficient (Wildman–Crippen LogP) is 2.93. The van der Waals surface area contributed by atoms with E-state index >= 15 is 0 Å². The topological polar surface area (TPSA) is 77.3 Å². The van der Waals surface area contributed by atoms with Crippen LogP contribution in [0.5, 0.6) is 0 Å². The first-order chi connectivity index (χ1) is 10.2. The van der Waals surface area contributed by atoms with Crippen molar-refractivity contribution in [3.8, 4) is 0 Å². The normalized spacial score (nSPS) is 21.1. The van der Waals surface area contributed by atoms with E-state index in [1.165, 1.54) is 12.3 Å². The molecule has 2 atom stereocenters. The van der Waals surface area contributed by atoms with E-state index in [0.717, 1.165) is 17.7 Å². The first-order valence-corrected chi connectivity index (χ1v) is 6.77. The van der Waals surface area contributed by atoms with Gasteiger partial charge in [-0.25, -0.2) is 0 Å². The molecule has 21 heavy (non-hydrogen) atoms. The molecular weight excluding hydrogens is 270 g/mol. The lowest BCUT2D eigenvalue weighted by Gasteiger charge is -2.20. The molecule has 2 aromatic rings. The van der Waals surface area contributed by atoms with Gasteiger partial charge in [-0.2, -0.15) is 0 Å². The number of pyridine rings is 1. The van der Waals surface area contributed by atoms with E-state index in [9.17, 15) is 10.1 Å². The second kappa shape index (κ2) is 5.88. The molecule has 0 saturated carbocycles. The molecule has 0 unspecified atom stereocenters. The third-order valence-corrected chi connectivity index (χ3v) is 3.51. The monoisotopic (exact) mass is 285 g/mol. The average Bonchev–Trinajstić information content (AvgIpc) is 2.97. The van der Waals surface area contributed by atoms with Crippen LogP contribution < -0.4 is 5.32 Å². The van der Waals surface area contributed by atoms with Crippen LogP contribution in [0.2, 0.25) is 0 Å². The Morgan fingerprint density at radius 3 is 2.71 bits per heavy atom. The van der Waals surface area contributed by atoms with Crippen molar-refractivity contribution in [1.82, 2.24) is 4.98 Å². The largest absolute Gasteiger partial charge is 0.376 e. The van der Waals surface area contributed by atoms with Crippen molar-refractivity contribution in [1.29, 1.82) is 0 Å². The molecule has 1 N–H and O–H groups in total. The molecule has 108 valence electrons. The second-order valence-corrected chi connectivity index (χ2v) is 4.90. The molecule has 0 bridgehead atoms. The van der Waals surface area contributed by atoms with E-state index in [1.807, 2.05) is 30.3 Å². The maximum Gasteiger partial charge on any atom is 0.363 e. The van der Waals surface area contributed by atoms with Crippen LogP contribution in [0.25, 0.3) is 0 Å². The Morgan fingerprint density at radius 2 is 2.05 bits per heavy atom. The van der Waals surface area contributed by atoms with Crippen LogP contribution in [0, 0.1) is 10.1 Å². The third kappa shape index (κ3) is 3.00. The Hall–Kier alpha value is -2.47. The lowest BCUT2D eigenvalue weighted by Crippen LogP contribution is -2.23. The summed E-state index contributed by atoms with van der Waals surface area (Å²) in [6.07, 6.45) is 2.36. The molecule has 1 saturated heterocycles. The molecule has 0 radical (unpaired) electrons. The zero-order chi connectivity index (χ0) is 14.7. The highest BCUT2D eigenvalue weighted by Gasteiger charge is 2.29. The lowest BCUT2D eigenvalue weighted by molar-refractivity contribution is -0.389. The molecule has 1 aliphatic rings. The van der Waals surface area contributed by atoms with E-state index in [2.05, 4.69) is 10.3 Å². The smallest absolute Gasteiger partial charge is 0.363 e. The number of hydrogen-bond acceptors (Lipinski definition) is 5. The number of nitro groups is 1. The maximum absolute atomic E-state index is 10.6. The molecule has 0 spiro atoms. The first-order valence-electron chi connectivity index (χ1n) is 6.77. The number of ether oxygens (including phenoxy) is 1. The van der Waals surface area contributed by atoms with Gasteiger partial charge in [0.2, 0.25) is 0 Å². The number of aromatic nitrogens is 1. The fourth-order valence-corrected chi connectivity index (χ4v) is 2.50. The standard InChI is InChI=1S/C15H15N3O3/c19-18(20)14-7-6-12(10-16-14)17-13-8-9-21-15(13)11-4-2-1-3-5-11/h1-7,10,13,15,17H,8-9H2/t13-,15-/m1/s1. The molecule has 0 aliphatic carbocycles. The summed E-state index contributed by atoms with van der Waals surface area (Å²) < 4.78 is 5.79. The van der Waals surface area contributed by atoms with Crippen LogP contribution in [0.3, 0.4) is 0 Å². The molecule has 1 aromatic carbocycles. The van der Waals surface area contributed by atoms with Crippen LogP contribution in [-0.2, 0) is 4.74 Å². The van der Waals surface area contributed by atoms with Crippen molar-refractivity contribution < 1.29 is 9.66 Å². The molecule has 3 rings (SSSR count). The number of nitrogens with zero attached hydrogens (tertiary/aromatic N) is 2. The summed E-state index contributed by atoms with van der Waals surface area (Å²) in [6.45, 7) is 0.692. The van der Waals surface area contributed by atoms with Gasteiger partial charge >= 0.3 is 5.82 Å². The van der Waals surface area contributed by atoms with E-state index in [-0.39, 0.29) is 18.0 Å². The van der Waals surface area contributed by atoms with Gasteiger partial charge in [-0.15, -0.1) is 0 Å². The highest BCUT2D eigenvalue weighted by Crippen LogP contribution is 2.31. The minimum absolute atomic E-state index is 0.0126. The molecule has 6 nitrogen and oxygen atoms in total. The molecule has 1 aromatic heterocycles. The summed E-state index contributed by atoms with van der Waals surface area (Å²) in [6, 6.07) is 13.2. The van der Waals surface area contributed by atoms with Gasteiger partial charge in [-0.05, 0) is 28.0 Å². The van der Waals surface area contributed by atoms with Gasteiger partial charge in [0.1, 0.15) is 6.10 Å². The number of benzene rings is 1. The lowest BCUT2D eigenvalue weighted by atomic mass is 10.0. The van der Waals surface area contributed by atoms with Gasteiger partial charge < -0.3 is 20.2 Å². The zero-order valence-electron chi connectivity index (χ0n) is 11.3. The predicted molar refractivity (Wildman–Crippen MR) is 78.1 cm³/mol. The third-order valence-electron chi connectivity index (χ3n) is 3.51. The Kier molecular flexibility index (Phi) is 3.79. The summed E-state index contributed by atoms with van der Waals surface area (Å²) in [7, 11) is 0. The highest BCUT2D eigenvalue weighted by molar-refractivity contribution is 5.45. The number of anilines is 1. The number of nitrogens with one attached hydrogen (secondary N) is 1. The minimum Gasteiger partial charge on any atom is -0.376 e. The van der Waals surface area contributed by atoms with Crippen molar-refractivity contribution in [2.45, 2.75) is 18.6 Å².